The topological polar surface area (TPSA) is 46.2 Å². The summed E-state index contributed by atoms with van der Waals surface area (Å²) in [6.45, 7) is 6.74. The molecule has 0 amide bonds. The Bertz CT molecular complexity index is 340. The van der Waals surface area contributed by atoms with Crippen molar-refractivity contribution in [1.29, 1.82) is 0 Å². The molecule has 1 fully saturated rings. The number of sulfone groups is 1. The summed E-state index contributed by atoms with van der Waals surface area (Å²) in [5.41, 5.74) is 0. The van der Waals surface area contributed by atoms with Crippen LogP contribution in [0.1, 0.15) is 46.5 Å². The van der Waals surface area contributed by atoms with E-state index < -0.39 is 14.6 Å². The normalized spacial score (nSPS) is 26.2. The van der Waals surface area contributed by atoms with Gasteiger partial charge in [0.25, 0.3) is 0 Å². The van der Waals surface area contributed by atoms with E-state index in [9.17, 15) is 8.42 Å². The molecule has 0 aromatic carbocycles. The summed E-state index contributed by atoms with van der Waals surface area (Å²) >= 11 is 6.05. The van der Waals surface area contributed by atoms with Crippen LogP contribution in [-0.4, -0.2) is 37.4 Å². The molecule has 0 aliphatic heterocycles. The van der Waals surface area contributed by atoms with Crippen LogP contribution in [0.4, 0.5) is 0 Å². The second kappa shape index (κ2) is 6.58. The van der Waals surface area contributed by atoms with Crippen molar-refractivity contribution in [2.24, 2.45) is 5.92 Å². The van der Waals surface area contributed by atoms with Gasteiger partial charge in [0, 0.05) is 11.9 Å². The summed E-state index contributed by atoms with van der Waals surface area (Å²) in [5.74, 6) is 0.888. The zero-order chi connectivity index (χ0) is 13.8. The molecular formula is C13H26ClNO2S. The number of nitrogens with one attached hydrogen (secondary N) is 1. The van der Waals surface area contributed by atoms with E-state index in [1.54, 1.807) is 20.8 Å². The highest BCUT2D eigenvalue weighted by Gasteiger charge is 2.28. The van der Waals surface area contributed by atoms with Crippen LogP contribution in [0.3, 0.4) is 0 Å². The Morgan fingerprint density at radius 2 is 1.72 bits per heavy atom. The lowest BCUT2D eigenvalue weighted by Crippen LogP contribution is -2.36. The van der Waals surface area contributed by atoms with Gasteiger partial charge in [0.1, 0.15) is 0 Å². The van der Waals surface area contributed by atoms with Crippen LogP contribution in [0, 0.1) is 5.92 Å². The third-order valence-electron chi connectivity index (χ3n) is 3.69. The molecule has 108 valence electrons. The van der Waals surface area contributed by atoms with E-state index in [1.165, 1.54) is 0 Å². The van der Waals surface area contributed by atoms with Crippen molar-refractivity contribution in [3.63, 3.8) is 0 Å². The SMILES string of the molecule is CC(C)(C)S(=O)(=O)CCNCC1CCC(Cl)CC1. The molecule has 1 aliphatic rings. The molecule has 18 heavy (non-hydrogen) atoms. The molecule has 0 unspecified atom stereocenters. The first kappa shape index (κ1) is 16.3. The standard InChI is InChI=1S/C13H26ClNO2S/c1-13(2,3)18(16,17)9-8-15-10-11-4-6-12(14)7-5-11/h11-12,15H,4-10H2,1-3H3. The lowest BCUT2D eigenvalue weighted by molar-refractivity contribution is 0.348. The van der Waals surface area contributed by atoms with Gasteiger partial charge in [0.05, 0.1) is 10.5 Å². The number of hydrogen-bond donors (Lipinski definition) is 1. The Hall–Kier alpha value is 0.200. The highest BCUT2D eigenvalue weighted by molar-refractivity contribution is 7.92. The third kappa shape index (κ3) is 5.06. The minimum atomic E-state index is -2.99. The number of halogens is 1. The average molecular weight is 296 g/mol. The molecule has 1 aliphatic carbocycles. The van der Waals surface area contributed by atoms with Gasteiger partial charge >= 0.3 is 0 Å². The molecule has 0 aromatic rings. The Balaban J connectivity index is 2.20. The fraction of sp³-hybridized carbons (Fsp3) is 1.00. The minimum Gasteiger partial charge on any atom is -0.315 e. The van der Waals surface area contributed by atoms with Crippen LogP contribution >= 0.6 is 11.6 Å². The second-order valence-electron chi connectivity index (χ2n) is 6.25. The van der Waals surface area contributed by atoms with Crippen molar-refractivity contribution in [1.82, 2.24) is 5.32 Å². The van der Waals surface area contributed by atoms with E-state index in [1.807, 2.05) is 0 Å². The van der Waals surface area contributed by atoms with Gasteiger partial charge in [0.15, 0.2) is 9.84 Å². The van der Waals surface area contributed by atoms with Crippen molar-refractivity contribution in [2.45, 2.75) is 56.6 Å². The molecular weight excluding hydrogens is 270 g/mol. The number of alkyl halides is 1. The first-order valence-corrected chi connectivity index (χ1v) is 8.88. The summed E-state index contributed by atoms with van der Waals surface area (Å²) < 4.78 is 23.1. The van der Waals surface area contributed by atoms with Crippen LogP contribution in [-0.2, 0) is 9.84 Å². The summed E-state index contributed by atoms with van der Waals surface area (Å²) in [6.07, 6.45) is 4.50. The fourth-order valence-electron chi connectivity index (χ4n) is 2.14. The van der Waals surface area contributed by atoms with E-state index in [0.717, 1.165) is 32.2 Å². The molecule has 0 spiro atoms. The van der Waals surface area contributed by atoms with Crippen LogP contribution in [0.15, 0.2) is 0 Å². The molecule has 0 heterocycles. The Kier molecular flexibility index (Phi) is 5.94. The molecule has 0 radical (unpaired) electrons. The lowest BCUT2D eigenvalue weighted by atomic mass is 9.89. The molecule has 1 rings (SSSR count). The quantitative estimate of drug-likeness (QED) is 0.626. The monoisotopic (exact) mass is 295 g/mol. The van der Waals surface area contributed by atoms with Gasteiger partial charge in [-0.25, -0.2) is 8.42 Å². The van der Waals surface area contributed by atoms with E-state index >= 15 is 0 Å². The highest BCUT2D eigenvalue weighted by atomic mass is 35.5. The Morgan fingerprint density at radius 1 is 1.17 bits per heavy atom. The maximum atomic E-state index is 11.9. The summed E-state index contributed by atoms with van der Waals surface area (Å²) in [7, 11) is -2.99. The minimum absolute atomic E-state index is 0.224. The molecule has 5 heteroatoms. The Labute approximate surface area is 117 Å². The van der Waals surface area contributed by atoms with Crippen molar-refractivity contribution in [2.75, 3.05) is 18.8 Å². The van der Waals surface area contributed by atoms with Crippen molar-refractivity contribution in [3.8, 4) is 0 Å². The van der Waals surface area contributed by atoms with E-state index in [0.29, 0.717) is 17.8 Å². The van der Waals surface area contributed by atoms with E-state index in [2.05, 4.69) is 5.32 Å². The van der Waals surface area contributed by atoms with Crippen LogP contribution in [0.2, 0.25) is 0 Å². The van der Waals surface area contributed by atoms with Gasteiger partial charge < -0.3 is 5.32 Å². The molecule has 1 saturated carbocycles. The lowest BCUT2D eigenvalue weighted by Gasteiger charge is -2.25. The maximum Gasteiger partial charge on any atom is 0.156 e. The smallest absolute Gasteiger partial charge is 0.156 e. The molecule has 0 bridgehead atoms. The first-order chi connectivity index (χ1) is 8.22. The highest BCUT2D eigenvalue weighted by Crippen LogP contribution is 2.26. The predicted octanol–water partition coefficient (Wildman–Crippen LogP) is 2.59. The molecule has 0 atom stereocenters. The zero-order valence-corrected chi connectivity index (χ0v) is 13.3. The summed E-state index contributed by atoms with van der Waals surface area (Å²) in [5, 5.41) is 3.63. The van der Waals surface area contributed by atoms with Gasteiger partial charge in [-0.1, -0.05) is 0 Å². The number of hydrogen-bond acceptors (Lipinski definition) is 3. The second-order valence-corrected chi connectivity index (χ2v) is 9.73. The van der Waals surface area contributed by atoms with Crippen molar-refractivity contribution in [3.05, 3.63) is 0 Å². The molecule has 0 saturated heterocycles. The van der Waals surface area contributed by atoms with E-state index in [4.69, 9.17) is 11.6 Å². The molecule has 3 nitrogen and oxygen atoms in total. The average Bonchev–Trinajstić information content (AvgIpc) is 2.25. The Morgan fingerprint density at radius 3 is 2.22 bits per heavy atom. The largest absolute Gasteiger partial charge is 0.315 e. The van der Waals surface area contributed by atoms with Crippen molar-refractivity contribution >= 4 is 21.4 Å². The molecule has 0 aromatic heterocycles. The van der Waals surface area contributed by atoms with Gasteiger partial charge in [-0.05, 0) is 58.9 Å². The van der Waals surface area contributed by atoms with Gasteiger partial charge in [-0.2, -0.15) is 0 Å². The zero-order valence-electron chi connectivity index (χ0n) is 11.7. The first-order valence-electron chi connectivity index (χ1n) is 6.79. The van der Waals surface area contributed by atoms with Crippen LogP contribution < -0.4 is 5.32 Å². The maximum absolute atomic E-state index is 11.9. The van der Waals surface area contributed by atoms with Gasteiger partial charge in [-0.3, -0.25) is 0 Å². The fourth-order valence-corrected chi connectivity index (χ4v) is 3.42. The van der Waals surface area contributed by atoms with Crippen LogP contribution in [0.25, 0.3) is 0 Å². The summed E-state index contributed by atoms with van der Waals surface area (Å²) in [6, 6.07) is 0. The van der Waals surface area contributed by atoms with Crippen molar-refractivity contribution < 1.29 is 8.42 Å². The third-order valence-corrected chi connectivity index (χ3v) is 6.73. The number of rotatable bonds is 5. The predicted molar refractivity (Wildman–Crippen MR) is 78.0 cm³/mol. The molecule has 1 N–H and O–H groups in total. The van der Waals surface area contributed by atoms with E-state index in [-0.39, 0.29) is 5.75 Å². The van der Waals surface area contributed by atoms with Gasteiger partial charge in [-0.15, -0.1) is 11.6 Å². The van der Waals surface area contributed by atoms with Gasteiger partial charge in [0.2, 0.25) is 0 Å². The summed E-state index contributed by atoms with van der Waals surface area (Å²) in [4.78, 5) is 0. The van der Waals surface area contributed by atoms with Crippen LogP contribution in [0.5, 0.6) is 0 Å².